The van der Waals surface area contributed by atoms with Crippen LogP contribution in [0.1, 0.15) is 58.8 Å². The zero-order valence-corrected chi connectivity index (χ0v) is 12.0. The van der Waals surface area contributed by atoms with E-state index < -0.39 is 11.5 Å². The Kier molecular flexibility index (Phi) is 6.12. The van der Waals surface area contributed by atoms with Gasteiger partial charge < -0.3 is 15.7 Å². The zero-order chi connectivity index (χ0) is 14.3. The summed E-state index contributed by atoms with van der Waals surface area (Å²) in [5.74, 6) is -0.153. The lowest BCUT2D eigenvalue weighted by Crippen LogP contribution is -2.57. The first kappa shape index (κ1) is 15.8. The number of hydrogen-bond acceptors (Lipinski definition) is 2. The standard InChI is InChI=1S/C14H26N2O3/c1-11(2)6-3-4-9-15-13(19)16-14(7-5-8-14)10-12(17)18/h11H,3-10H2,1-2H3,(H,17,18)(H2,15,16,19). The fraction of sp³-hybridized carbons (Fsp3) is 0.857. The van der Waals surface area contributed by atoms with Gasteiger partial charge in [-0.3, -0.25) is 4.79 Å². The van der Waals surface area contributed by atoms with E-state index in [2.05, 4.69) is 24.5 Å². The number of aliphatic carboxylic acids is 1. The lowest BCUT2D eigenvalue weighted by molar-refractivity contribution is -0.139. The maximum absolute atomic E-state index is 11.7. The van der Waals surface area contributed by atoms with Crippen LogP contribution in [-0.4, -0.2) is 29.2 Å². The van der Waals surface area contributed by atoms with E-state index in [0.29, 0.717) is 12.5 Å². The molecule has 1 saturated carbocycles. The normalized spacial score (nSPS) is 16.8. The summed E-state index contributed by atoms with van der Waals surface area (Å²) >= 11 is 0. The number of rotatable bonds is 8. The van der Waals surface area contributed by atoms with Gasteiger partial charge in [-0.05, 0) is 31.6 Å². The molecular formula is C14H26N2O3. The molecule has 0 aliphatic heterocycles. The van der Waals surface area contributed by atoms with Crippen LogP contribution < -0.4 is 10.6 Å². The summed E-state index contributed by atoms with van der Waals surface area (Å²) in [6.07, 6.45) is 5.79. The molecule has 1 rings (SSSR count). The minimum absolute atomic E-state index is 0.0216. The summed E-state index contributed by atoms with van der Waals surface area (Å²) in [6, 6.07) is -0.231. The Labute approximate surface area is 115 Å². The first-order valence-corrected chi connectivity index (χ1v) is 7.21. The Hall–Kier alpha value is -1.26. The van der Waals surface area contributed by atoms with Crippen LogP contribution in [0.3, 0.4) is 0 Å². The molecule has 0 heterocycles. The van der Waals surface area contributed by atoms with Crippen LogP contribution in [-0.2, 0) is 4.79 Å². The molecule has 19 heavy (non-hydrogen) atoms. The van der Waals surface area contributed by atoms with Crippen LogP contribution in [0.25, 0.3) is 0 Å². The highest BCUT2D eigenvalue weighted by molar-refractivity contribution is 5.77. The van der Waals surface area contributed by atoms with E-state index in [-0.39, 0.29) is 12.5 Å². The number of carboxylic acid groups (broad SMARTS) is 1. The number of nitrogens with one attached hydrogen (secondary N) is 2. The average molecular weight is 270 g/mol. The SMILES string of the molecule is CC(C)CCCCNC(=O)NC1(CC(=O)O)CCC1. The van der Waals surface area contributed by atoms with Crippen molar-refractivity contribution in [1.82, 2.24) is 10.6 Å². The highest BCUT2D eigenvalue weighted by Gasteiger charge is 2.40. The maximum atomic E-state index is 11.7. The molecule has 0 atom stereocenters. The highest BCUT2D eigenvalue weighted by atomic mass is 16.4. The molecule has 0 aromatic heterocycles. The number of unbranched alkanes of at least 4 members (excludes halogenated alkanes) is 1. The molecule has 0 spiro atoms. The van der Waals surface area contributed by atoms with E-state index in [1.54, 1.807) is 0 Å². The number of urea groups is 1. The molecule has 0 saturated heterocycles. The smallest absolute Gasteiger partial charge is 0.315 e. The molecule has 0 bridgehead atoms. The van der Waals surface area contributed by atoms with Crippen molar-refractivity contribution in [3.8, 4) is 0 Å². The second kappa shape index (κ2) is 7.36. The number of carboxylic acids is 1. The second-order valence-corrected chi connectivity index (χ2v) is 5.97. The summed E-state index contributed by atoms with van der Waals surface area (Å²) in [5.41, 5.74) is -0.506. The van der Waals surface area contributed by atoms with Gasteiger partial charge in [0.25, 0.3) is 0 Å². The summed E-state index contributed by atoms with van der Waals surface area (Å²) in [5, 5.41) is 14.5. The molecule has 0 radical (unpaired) electrons. The monoisotopic (exact) mass is 270 g/mol. The number of hydrogen-bond donors (Lipinski definition) is 3. The predicted molar refractivity (Wildman–Crippen MR) is 74.1 cm³/mol. The maximum Gasteiger partial charge on any atom is 0.315 e. The molecule has 5 heteroatoms. The van der Waals surface area contributed by atoms with Gasteiger partial charge in [0.05, 0.1) is 12.0 Å². The molecule has 1 fully saturated rings. The lowest BCUT2D eigenvalue weighted by atomic mass is 9.74. The highest BCUT2D eigenvalue weighted by Crippen LogP contribution is 2.34. The second-order valence-electron chi connectivity index (χ2n) is 5.97. The molecule has 3 N–H and O–H groups in total. The molecule has 2 amide bonds. The Morgan fingerprint density at radius 1 is 1.26 bits per heavy atom. The van der Waals surface area contributed by atoms with E-state index >= 15 is 0 Å². The minimum atomic E-state index is -0.850. The van der Waals surface area contributed by atoms with Crippen molar-refractivity contribution in [1.29, 1.82) is 0 Å². The van der Waals surface area contributed by atoms with Crippen LogP contribution in [0, 0.1) is 5.92 Å². The van der Waals surface area contributed by atoms with E-state index in [1.807, 2.05) is 0 Å². The van der Waals surface area contributed by atoms with E-state index in [4.69, 9.17) is 5.11 Å². The quantitative estimate of drug-likeness (QED) is 0.593. The first-order chi connectivity index (χ1) is 8.93. The molecule has 1 aliphatic rings. The van der Waals surface area contributed by atoms with Crippen molar-refractivity contribution in [2.45, 2.75) is 64.3 Å². The Balaban J connectivity index is 2.17. The fourth-order valence-corrected chi connectivity index (χ4v) is 2.40. The van der Waals surface area contributed by atoms with Crippen molar-refractivity contribution in [2.24, 2.45) is 5.92 Å². The van der Waals surface area contributed by atoms with Gasteiger partial charge in [-0.1, -0.05) is 26.7 Å². The summed E-state index contributed by atoms with van der Waals surface area (Å²) in [7, 11) is 0. The fourth-order valence-electron chi connectivity index (χ4n) is 2.40. The summed E-state index contributed by atoms with van der Waals surface area (Å²) in [4.78, 5) is 22.5. The van der Waals surface area contributed by atoms with Gasteiger partial charge in [-0.15, -0.1) is 0 Å². The molecule has 1 aliphatic carbocycles. The van der Waals surface area contributed by atoms with Crippen molar-refractivity contribution >= 4 is 12.0 Å². The number of carbonyl (C=O) groups is 2. The summed E-state index contributed by atoms with van der Waals surface area (Å²) in [6.45, 7) is 5.03. The van der Waals surface area contributed by atoms with Gasteiger partial charge in [0, 0.05) is 6.54 Å². The third kappa shape index (κ3) is 5.94. The topological polar surface area (TPSA) is 78.4 Å². The zero-order valence-electron chi connectivity index (χ0n) is 12.0. The molecule has 110 valence electrons. The Morgan fingerprint density at radius 3 is 2.42 bits per heavy atom. The molecular weight excluding hydrogens is 244 g/mol. The van der Waals surface area contributed by atoms with E-state index in [1.165, 1.54) is 6.42 Å². The van der Waals surface area contributed by atoms with Crippen molar-refractivity contribution in [3.63, 3.8) is 0 Å². The average Bonchev–Trinajstić information content (AvgIpc) is 2.24. The van der Waals surface area contributed by atoms with Crippen LogP contribution in [0.15, 0.2) is 0 Å². The molecule has 5 nitrogen and oxygen atoms in total. The first-order valence-electron chi connectivity index (χ1n) is 7.21. The number of amides is 2. The minimum Gasteiger partial charge on any atom is -0.481 e. The third-order valence-corrected chi connectivity index (χ3v) is 3.67. The van der Waals surface area contributed by atoms with E-state index in [0.717, 1.165) is 32.1 Å². The van der Waals surface area contributed by atoms with E-state index in [9.17, 15) is 9.59 Å². The Morgan fingerprint density at radius 2 is 1.95 bits per heavy atom. The van der Waals surface area contributed by atoms with Gasteiger partial charge in [0.15, 0.2) is 0 Å². The summed E-state index contributed by atoms with van der Waals surface area (Å²) < 4.78 is 0. The van der Waals surface area contributed by atoms with Crippen molar-refractivity contribution in [2.75, 3.05) is 6.54 Å². The van der Waals surface area contributed by atoms with Crippen LogP contribution in [0.4, 0.5) is 4.79 Å². The Bertz CT molecular complexity index is 312. The van der Waals surface area contributed by atoms with Gasteiger partial charge in [0.1, 0.15) is 0 Å². The van der Waals surface area contributed by atoms with Crippen LogP contribution in [0.5, 0.6) is 0 Å². The molecule has 0 aromatic carbocycles. The predicted octanol–water partition coefficient (Wildman–Crippen LogP) is 2.51. The van der Waals surface area contributed by atoms with Gasteiger partial charge >= 0.3 is 12.0 Å². The van der Waals surface area contributed by atoms with Crippen molar-refractivity contribution in [3.05, 3.63) is 0 Å². The molecule has 0 unspecified atom stereocenters. The largest absolute Gasteiger partial charge is 0.481 e. The van der Waals surface area contributed by atoms with Crippen LogP contribution >= 0.6 is 0 Å². The number of carbonyl (C=O) groups excluding carboxylic acids is 1. The van der Waals surface area contributed by atoms with Gasteiger partial charge in [0.2, 0.25) is 0 Å². The van der Waals surface area contributed by atoms with Crippen LogP contribution in [0.2, 0.25) is 0 Å². The lowest BCUT2D eigenvalue weighted by Gasteiger charge is -2.41. The molecule has 0 aromatic rings. The van der Waals surface area contributed by atoms with Crippen molar-refractivity contribution < 1.29 is 14.7 Å². The van der Waals surface area contributed by atoms with Gasteiger partial charge in [-0.2, -0.15) is 0 Å². The van der Waals surface area contributed by atoms with Gasteiger partial charge in [-0.25, -0.2) is 4.79 Å². The third-order valence-electron chi connectivity index (χ3n) is 3.67.